The van der Waals surface area contributed by atoms with Gasteiger partial charge < -0.3 is 10.3 Å². The summed E-state index contributed by atoms with van der Waals surface area (Å²) in [5.74, 6) is -0.145. The lowest BCUT2D eigenvalue weighted by Gasteiger charge is -2.09. The van der Waals surface area contributed by atoms with Gasteiger partial charge in [-0.15, -0.1) is 11.3 Å². The van der Waals surface area contributed by atoms with Crippen molar-refractivity contribution in [1.82, 2.24) is 20.3 Å². The van der Waals surface area contributed by atoms with Crippen LogP contribution in [0.5, 0.6) is 0 Å². The summed E-state index contributed by atoms with van der Waals surface area (Å²) < 4.78 is 0. The lowest BCUT2D eigenvalue weighted by Crippen LogP contribution is -2.23. The molecular formula is C27H21ClN4O2S. The molecule has 0 fully saturated rings. The van der Waals surface area contributed by atoms with Crippen LogP contribution in [0, 0.1) is 0 Å². The number of nitrogens with one attached hydrogen (secondary N) is 2. The number of Topliss-reactive ketones (excluding diaryl/α,β-unsaturated/α-hetero) is 1. The van der Waals surface area contributed by atoms with E-state index in [2.05, 4.69) is 20.3 Å². The van der Waals surface area contributed by atoms with Crippen molar-refractivity contribution in [2.45, 2.75) is 19.4 Å². The number of halogens is 1. The van der Waals surface area contributed by atoms with E-state index in [0.717, 1.165) is 33.3 Å². The first-order chi connectivity index (χ1) is 17.1. The van der Waals surface area contributed by atoms with Gasteiger partial charge in [0, 0.05) is 42.5 Å². The molecule has 0 aliphatic heterocycles. The highest BCUT2D eigenvalue weighted by Gasteiger charge is 2.15. The van der Waals surface area contributed by atoms with Gasteiger partial charge in [-0.2, -0.15) is 0 Å². The average molecular weight is 501 g/mol. The van der Waals surface area contributed by atoms with E-state index in [1.165, 1.54) is 17.5 Å². The molecule has 35 heavy (non-hydrogen) atoms. The molecule has 6 nitrogen and oxygen atoms in total. The van der Waals surface area contributed by atoms with Crippen LogP contribution in [-0.4, -0.2) is 26.6 Å². The lowest BCUT2D eigenvalue weighted by atomic mass is 10.0. The molecule has 0 unspecified atom stereocenters. The summed E-state index contributed by atoms with van der Waals surface area (Å²) in [5.41, 5.74) is 5.28. The molecule has 0 saturated carbocycles. The molecule has 0 spiro atoms. The predicted octanol–water partition coefficient (Wildman–Crippen LogP) is 5.62. The van der Waals surface area contributed by atoms with Crippen molar-refractivity contribution < 1.29 is 9.59 Å². The second kappa shape index (κ2) is 10.2. The maximum atomic E-state index is 13.0. The zero-order chi connectivity index (χ0) is 24.2. The predicted molar refractivity (Wildman–Crippen MR) is 138 cm³/mol. The molecule has 0 saturated heterocycles. The van der Waals surface area contributed by atoms with Crippen molar-refractivity contribution >= 4 is 45.7 Å². The summed E-state index contributed by atoms with van der Waals surface area (Å²) in [5, 5.41) is 6.32. The van der Waals surface area contributed by atoms with E-state index in [0.29, 0.717) is 28.6 Å². The van der Waals surface area contributed by atoms with Crippen molar-refractivity contribution in [2.75, 3.05) is 0 Å². The molecule has 174 valence electrons. The minimum absolute atomic E-state index is 0.0358. The number of fused-ring (bicyclic) bond motifs is 1. The Morgan fingerprint density at radius 2 is 1.83 bits per heavy atom. The minimum Gasteiger partial charge on any atom is -0.347 e. The fourth-order valence-corrected chi connectivity index (χ4v) is 5.04. The topological polar surface area (TPSA) is 87.7 Å². The summed E-state index contributed by atoms with van der Waals surface area (Å²) in [4.78, 5) is 37.7. The quantitative estimate of drug-likeness (QED) is 0.214. The van der Waals surface area contributed by atoms with Crippen LogP contribution in [0.2, 0.25) is 5.15 Å². The van der Waals surface area contributed by atoms with Crippen LogP contribution in [0.15, 0.2) is 78.6 Å². The number of H-pyrrole nitrogens is 1. The first kappa shape index (κ1) is 23.0. The second-order valence-electron chi connectivity index (χ2n) is 8.13. The minimum atomic E-state index is -0.109. The van der Waals surface area contributed by atoms with E-state index in [9.17, 15) is 9.59 Å². The van der Waals surface area contributed by atoms with Crippen molar-refractivity contribution in [3.63, 3.8) is 0 Å². The molecule has 0 atom stereocenters. The lowest BCUT2D eigenvalue weighted by molar-refractivity contribution is 0.0952. The number of thiophene rings is 1. The van der Waals surface area contributed by atoms with Gasteiger partial charge in [-0.05, 0) is 64.4 Å². The Hall–Kier alpha value is -3.81. The van der Waals surface area contributed by atoms with Gasteiger partial charge >= 0.3 is 0 Å². The second-order valence-corrected chi connectivity index (χ2v) is 9.43. The number of hydrogen-bond donors (Lipinski definition) is 2. The third-order valence-corrected chi connectivity index (χ3v) is 6.90. The van der Waals surface area contributed by atoms with Crippen molar-refractivity contribution in [3.8, 4) is 0 Å². The van der Waals surface area contributed by atoms with Gasteiger partial charge in [-0.3, -0.25) is 9.59 Å². The average Bonchev–Trinajstić information content (AvgIpc) is 3.53. The van der Waals surface area contributed by atoms with E-state index in [-0.39, 0.29) is 18.1 Å². The molecular weight excluding hydrogens is 480 g/mol. The third-order valence-electron chi connectivity index (χ3n) is 5.74. The molecule has 1 amide bonds. The van der Waals surface area contributed by atoms with Gasteiger partial charge in [-0.25, -0.2) is 9.97 Å². The maximum Gasteiger partial charge on any atom is 0.261 e. The van der Waals surface area contributed by atoms with Crippen LogP contribution < -0.4 is 5.32 Å². The SMILES string of the molecule is O=C(Cc1cccc(CNC(=O)c2sccc2Cc2ccnc3[nH]ccc23)c1)c1ccnc(Cl)c1. The number of nitrogens with zero attached hydrogens (tertiary/aromatic N) is 2. The third kappa shape index (κ3) is 5.31. The molecule has 1 aromatic carbocycles. The van der Waals surface area contributed by atoms with Crippen molar-refractivity contribution in [3.05, 3.63) is 116 Å². The van der Waals surface area contributed by atoms with E-state index < -0.39 is 0 Å². The van der Waals surface area contributed by atoms with Crippen molar-refractivity contribution in [2.24, 2.45) is 0 Å². The monoisotopic (exact) mass is 500 g/mol. The Balaban J connectivity index is 1.24. The number of ketones is 1. The number of pyridine rings is 2. The van der Waals surface area contributed by atoms with Gasteiger partial charge in [0.2, 0.25) is 0 Å². The first-order valence-electron chi connectivity index (χ1n) is 11.0. The van der Waals surface area contributed by atoms with E-state index >= 15 is 0 Å². The Labute approximate surface area is 211 Å². The zero-order valence-corrected chi connectivity index (χ0v) is 20.2. The fraction of sp³-hybridized carbons (Fsp3) is 0.111. The van der Waals surface area contributed by atoms with Gasteiger partial charge in [-0.1, -0.05) is 35.9 Å². The van der Waals surface area contributed by atoms with Crippen LogP contribution >= 0.6 is 22.9 Å². The van der Waals surface area contributed by atoms with E-state index in [1.807, 2.05) is 54.0 Å². The van der Waals surface area contributed by atoms with Gasteiger partial charge in [0.25, 0.3) is 5.91 Å². The van der Waals surface area contributed by atoms with Gasteiger partial charge in [0.05, 0.1) is 4.88 Å². The standard InChI is InChI=1S/C27H21ClN4O2S/c28-24-15-20(5-8-29-24)23(33)13-17-2-1-3-18(12-17)16-32-27(34)25-21(7-11-35-25)14-19-4-9-30-26-22(19)6-10-31-26/h1-12,15H,13-14,16H2,(H,30,31)(H,32,34). The smallest absolute Gasteiger partial charge is 0.261 e. The zero-order valence-electron chi connectivity index (χ0n) is 18.6. The normalized spacial score (nSPS) is 11.0. The highest BCUT2D eigenvalue weighted by molar-refractivity contribution is 7.12. The molecule has 0 radical (unpaired) electrons. The highest BCUT2D eigenvalue weighted by atomic mass is 35.5. The number of carbonyl (C=O) groups excluding carboxylic acids is 2. The fourth-order valence-electron chi connectivity index (χ4n) is 4.03. The Kier molecular flexibility index (Phi) is 6.70. The summed E-state index contributed by atoms with van der Waals surface area (Å²) in [6.07, 6.45) is 6.07. The van der Waals surface area contributed by atoms with Crippen LogP contribution in [0.3, 0.4) is 0 Å². The summed E-state index contributed by atoms with van der Waals surface area (Å²) in [6, 6.07) is 16.9. The molecule has 8 heteroatoms. The Bertz CT molecular complexity index is 1520. The first-order valence-corrected chi connectivity index (χ1v) is 12.3. The Morgan fingerprint density at radius 1 is 0.971 bits per heavy atom. The van der Waals surface area contributed by atoms with Crippen LogP contribution in [0.1, 0.15) is 42.3 Å². The summed E-state index contributed by atoms with van der Waals surface area (Å²) in [7, 11) is 0. The summed E-state index contributed by atoms with van der Waals surface area (Å²) >= 11 is 7.33. The molecule has 2 N–H and O–H groups in total. The number of rotatable bonds is 8. The van der Waals surface area contributed by atoms with Gasteiger partial charge in [0.15, 0.2) is 5.78 Å². The molecule has 4 aromatic heterocycles. The molecule has 5 rings (SSSR count). The molecule has 0 aliphatic carbocycles. The number of benzene rings is 1. The molecule has 5 aromatic rings. The number of aromatic nitrogens is 3. The number of carbonyl (C=O) groups is 2. The maximum absolute atomic E-state index is 13.0. The number of hydrogen-bond acceptors (Lipinski definition) is 5. The van der Waals surface area contributed by atoms with Crippen LogP contribution in [-0.2, 0) is 19.4 Å². The largest absolute Gasteiger partial charge is 0.347 e. The van der Waals surface area contributed by atoms with Crippen molar-refractivity contribution in [1.29, 1.82) is 0 Å². The Morgan fingerprint density at radius 3 is 2.71 bits per heavy atom. The highest BCUT2D eigenvalue weighted by Crippen LogP contribution is 2.24. The van der Waals surface area contributed by atoms with E-state index in [1.54, 1.807) is 18.3 Å². The summed E-state index contributed by atoms with van der Waals surface area (Å²) in [6.45, 7) is 0.372. The molecule has 0 aliphatic rings. The van der Waals surface area contributed by atoms with Crippen LogP contribution in [0.4, 0.5) is 0 Å². The number of amides is 1. The van der Waals surface area contributed by atoms with Gasteiger partial charge in [0.1, 0.15) is 10.8 Å². The van der Waals surface area contributed by atoms with E-state index in [4.69, 9.17) is 11.6 Å². The van der Waals surface area contributed by atoms with Crippen LogP contribution in [0.25, 0.3) is 11.0 Å². The number of aromatic amines is 1. The molecule has 0 bridgehead atoms. The molecule has 4 heterocycles.